The maximum Gasteiger partial charge on any atom is 0.124 e. The predicted molar refractivity (Wildman–Crippen MR) is 74.4 cm³/mol. The van der Waals surface area contributed by atoms with Gasteiger partial charge in [-0.15, -0.1) is 0 Å². The average molecular weight is 310 g/mol. The molecule has 0 unspecified atom stereocenters. The molecular weight excluding hydrogens is 297 g/mol. The molecule has 4 heteroatoms. The number of halogens is 2. The van der Waals surface area contributed by atoms with Gasteiger partial charge in [0.05, 0.1) is 0 Å². The Morgan fingerprint density at radius 3 is 2.50 bits per heavy atom. The van der Waals surface area contributed by atoms with Gasteiger partial charge in [0.1, 0.15) is 18.2 Å². The Labute approximate surface area is 114 Å². The number of anilines is 1. The summed E-state index contributed by atoms with van der Waals surface area (Å²) in [6, 6.07) is 12.3. The van der Waals surface area contributed by atoms with Crippen molar-refractivity contribution < 1.29 is 9.13 Å². The Balaban J connectivity index is 2.01. The second kappa shape index (κ2) is 5.87. The third kappa shape index (κ3) is 3.47. The van der Waals surface area contributed by atoms with Crippen LogP contribution in [0.5, 0.6) is 5.75 Å². The summed E-state index contributed by atoms with van der Waals surface area (Å²) in [7, 11) is 1.86. The topological polar surface area (TPSA) is 21.3 Å². The van der Waals surface area contributed by atoms with E-state index in [0.29, 0.717) is 11.1 Å². The van der Waals surface area contributed by atoms with Crippen LogP contribution in [0.4, 0.5) is 10.1 Å². The first kappa shape index (κ1) is 12.9. The standard InChI is InChI=1S/C14H13BrFNO/c1-17-13-2-4-14(5-3-13)18-9-10-6-11(15)8-12(16)7-10/h2-8,17H,9H2,1H3. The lowest BCUT2D eigenvalue weighted by molar-refractivity contribution is 0.305. The van der Waals surface area contributed by atoms with Crippen molar-refractivity contribution in [3.63, 3.8) is 0 Å². The van der Waals surface area contributed by atoms with Crippen LogP contribution >= 0.6 is 15.9 Å². The van der Waals surface area contributed by atoms with E-state index < -0.39 is 0 Å². The molecule has 0 spiro atoms. The lowest BCUT2D eigenvalue weighted by atomic mass is 10.2. The van der Waals surface area contributed by atoms with Crippen molar-refractivity contribution in [2.75, 3.05) is 12.4 Å². The largest absolute Gasteiger partial charge is 0.489 e. The summed E-state index contributed by atoms with van der Waals surface area (Å²) in [6.07, 6.45) is 0. The van der Waals surface area contributed by atoms with E-state index in [1.54, 1.807) is 0 Å². The van der Waals surface area contributed by atoms with Gasteiger partial charge in [0.25, 0.3) is 0 Å². The fraction of sp³-hybridized carbons (Fsp3) is 0.143. The van der Waals surface area contributed by atoms with Gasteiger partial charge in [-0.2, -0.15) is 0 Å². The highest BCUT2D eigenvalue weighted by molar-refractivity contribution is 9.10. The van der Waals surface area contributed by atoms with E-state index in [-0.39, 0.29) is 5.82 Å². The van der Waals surface area contributed by atoms with Crippen molar-refractivity contribution >= 4 is 21.6 Å². The summed E-state index contributed by atoms with van der Waals surface area (Å²) < 4.78 is 19.5. The first-order chi connectivity index (χ1) is 8.67. The second-order valence-corrected chi connectivity index (χ2v) is 4.76. The lowest BCUT2D eigenvalue weighted by Gasteiger charge is -2.08. The Kier molecular flexibility index (Phi) is 4.20. The van der Waals surface area contributed by atoms with Crippen LogP contribution in [0.1, 0.15) is 5.56 Å². The first-order valence-corrected chi connectivity index (χ1v) is 6.32. The Morgan fingerprint density at radius 1 is 1.17 bits per heavy atom. The number of hydrogen-bond donors (Lipinski definition) is 1. The molecule has 94 valence electrons. The lowest BCUT2D eigenvalue weighted by Crippen LogP contribution is -1.96. The number of ether oxygens (including phenoxy) is 1. The highest BCUT2D eigenvalue weighted by Crippen LogP contribution is 2.19. The monoisotopic (exact) mass is 309 g/mol. The minimum atomic E-state index is -0.270. The molecule has 0 amide bonds. The maximum atomic E-state index is 13.2. The van der Waals surface area contributed by atoms with Crippen molar-refractivity contribution in [1.29, 1.82) is 0 Å². The molecule has 18 heavy (non-hydrogen) atoms. The smallest absolute Gasteiger partial charge is 0.124 e. The van der Waals surface area contributed by atoms with Gasteiger partial charge in [0, 0.05) is 17.2 Å². The molecule has 0 aliphatic heterocycles. The van der Waals surface area contributed by atoms with Gasteiger partial charge in [0.2, 0.25) is 0 Å². The van der Waals surface area contributed by atoms with Crippen molar-refractivity contribution in [1.82, 2.24) is 0 Å². The van der Waals surface area contributed by atoms with Gasteiger partial charge in [-0.1, -0.05) is 15.9 Å². The van der Waals surface area contributed by atoms with Crippen LogP contribution in [0, 0.1) is 5.82 Å². The zero-order chi connectivity index (χ0) is 13.0. The summed E-state index contributed by atoms with van der Waals surface area (Å²) in [6.45, 7) is 0.343. The summed E-state index contributed by atoms with van der Waals surface area (Å²) in [5.41, 5.74) is 1.82. The van der Waals surface area contributed by atoms with E-state index in [1.165, 1.54) is 12.1 Å². The Bertz CT molecular complexity index is 508. The molecule has 2 rings (SSSR count). The van der Waals surface area contributed by atoms with Gasteiger partial charge in [0.15, 0.2) is 0 Å². The molecule has 0 heterocycles. The van der Waals surface area contributed by atoms with E-state index in [1.807, 2.05) is 37.4 Å². The second-order valence-electron chi connectivity index (χ2n) is 3.84. The summed E-state index contributed by atoms with van der Waals surface area (Å²) >= 11 is 3.25. The molecule has 0 aromatic heterocycles. The number of hydrogen-bond acceptors (Lipinski definition) is 2. The van der Waals surface area contributed by atoms with E-state index in [0.717, 1.165) is 17.0 Å². The van der Waals surface area contributed by atoms with Gasteiger partial charge in [-0.05, 0) is 48.0 Å². The van der Waals surface area contributed by atoms with Crippen molar-refractivity contribution in [2.45, 2.75) is 6.61 Å². The molecule has 0 bridgehead atoms. The maximum absolute atomic E-state index is 13.2. The van der Waals surface area contributed by atoms with Crippen LogP contribution in [-0.2, 0) is 6.61 Å². The van der Waals surface area contributed by atoms with Gasteiger partial charge < -0.3 is 10.1 Å². The third-order valence-corrected chi connectivity index (χ3v) is 2.93. The molecule has 0 saturated heterocycles. The Morgan fingerprint density at radius 2 is 1.89 bits per heavy atom. The molecule has 2 aromatic carbocycles. The average Bonchev–Trinajstić information content (AvgIpc) is 2.36. The fourth-order valence-corrected chi connectivity index (χ4v) is 2.09. The van der Waals surface area contributed by atoms with Crippen molar-refractivity contribution in [3.8, 4) is 5.75 Å². The van der Waals surface area contributed by atoms with Crippen LogP contribution in [0.3, 0.4) is 0 Å². The zero-order valence-corrected chi connectivity index (χ0v) is 11.5. The normalized spacial score (nSPS) is 10.2. The minimum absolute atomic E-state index is 0.270. The molecule has 2 nitrogen and oxygen atoms in total. The SMILES string of the molecule is CNc1ccc(OCc2cc(F)cc(Br)c2)cc1. The van der Waals surface area contributed by atoms with E-state index in [2.05, 4.69) is 21.2 Å². The summed E-state index contributed by atoms with van der Waals surface area (Å²) in [5.74, 6) is 0.489. The summed E-state index contributed by atoms with van der Waals surface area (Å²) in [5, 5.41) is 3.03. The molecule has 0 saturated carbocycles. The van der Waals surface area contributed by atoms with Crippen LogP contribution < -0.4 is 10.1 Å². The number of rotatable bonds is 4. The van der Waals surface area contributed by atoms with Gasteiger partial charge in [-0.25, -0.2) is 4.39 Å². The highest BCUT2D eigenvalue weighted by Gasteiger charge is 2.00. The molecule has 0 radical (unpaired) electrons. The fourth-order valence-electron chi connectivity index (χ4n) is 1.58. The Hall–Kier alpha value is -1.55. The highest BCUT2D eigenvalue weighted by atomic mass is 79.9. The van der Waals surface area contributed by atoms with E-state index in [9.17, 15) is 4.39 Å². The van der Waals surface area contributed by atoms with Crippen LogP contribution in [0.2, 0.25) is 0 Å². The predicted octanol–water partition coefficient (Wildman–Crippen LogP) is 4.21. The van der Waals surface area contributed by atoms with Crippen molar-refractivity contribution in [3.05, 3.63) is 58.3 Å². The van der Waals surface area contributed by atoms with E-state index >= 15 is 0 Å². The molecule has 0 aliphatic rings. The van der Waals surface area contributed by atoms with Gasteiger partial charge in [-0.3, -0.25) is 0 Å². The zero-order valence-electron chi connectivity index (χ0n) is 9.91. The van der Waals surface area contributed by atoms with Crippen LogP contribution in [0.15, 0.2) is 46.9 Å². The molecule has 0 aliphatic carbocycles. The van der Waals surface area contributed by atoms with Crippen molar-refractivity contribution in [2.24, 2.45) is 0 Å². The summed E-state index contributed by atoms with van der Waals surface area (Å²) in [4.78, 5) is 0. The molecular formula is C14H13BrFNO. The van der Waals surface area contributed by atoms with Crippen LogP contribution in [-0.4, -0.2) is 7.05 Å². The quantitative estimate of drug-likeness (QED) is 0.913. The van der Waals surface area contributed by atoms with E-state index in [4.69, 9.17) is 4.74 Å². The minimum Gasteiger partial charge on any atom is -0.489 e. The molecule has 2 aromatic rings. The number of benzene rings is 2. The van der Waals surface area contributed by atoms with Crippen LogP contribution in [0.25, 0.3) is 0 Å². The third-order valence-electron chi connectivity index (χ3n) is 2.47. The molecule has 1 N–H and O–H groups in total. The first-order valence-electron chi connectivity index (χ1n) is 5.53. The molecule has 0 fully saturated rings. The number of nitrogens with one attached hydrogen (secondary N) is 1. The molecule has 0 atom stereocenters. The van der Waals surface area contributed by atoms with Gasteiger partial charge >= 0.3 is 0 Å².